The standard InChI is InChI=1S/C18H21N3O2S/c22-17(14-4-3-13-5-6-19-15(13)12-14)21-7-1-2-16(21)18(23)20-8-10-24-11-9-20/h3-6,12,16,19H,1-2,7-11H2/t16-/m0/s1. The molecule has 0 spiro atoms. The van der Waals surface area contributed by atoms with Crippen LogP contribution in [0.25, 0.3) is 10.9 Å². The second-order valence-electron chi connectivity index (χ2n) is 6.37. The van der Waals surface area contributed by atoms with Crippen LogP contribution in [0.2, 0.25) is 0 Å². The summed E-state index contributed by atoms with van der Waals surface area (Å²) in [6, 6.07) is 7.39. The molecule has 2 aliphatic heterocycles. The maximum absolute atomic E-state index is 12.9. The number of carbonyl (C=O) groups is 2. The van der Waals surface area contributed by atoms with Crippen LogP contribution in [-0.2, 0) is 4.79 Å². The number of hydrogen-bond donors (Lipinski definition) is 1. The first-order valence-electron chi connectivity index (χ1n) is 8.49. The molecule has 3 heterocycles. The molecule has 6 heteroatoms. The van der Waals surface area contributed by atoms with Crippen molar-refractivity contribution in [3.8, 4) is 0 Å². The van der Waals surface area contributed by atoms with Gasteiger partial charge in [-0.2, -0.15) is 11.8 Å². The van der Waals surface area contributed by atoms with Crippen molar-refractivity contribution >= 4 is 34.5 Å². The van der Waals surface area contributed by atoms with E-state index in [1.54, 1.807) is 4.90 Å². The van der Waals surface area contributed by atoms with Gasteiger partial charge in [-0.05, 0) is 36.4 Å². The maximum atomic E-state index is 12.9. The average Bonchev–Trinajstić information content (AvgIpc) is 3.29. The second-order valence-corrected chi connectivity index (χ2v) is 7.60. The van der Waals surface area contributed by atoms with Gasteiger partial charge in [-0.3, -0.25) is 9.59 Å². The molecule has 0 aliphatic carbocycles. The number of hydrogen-bond acceptors (Lipinski definition) is 3. The first-order valence-corrected chi connectivity index (χ1v) is 9.64. The fourth-order valence-corrected chi connectivity index (χ4v) is 4.51. The van der Waals surface area contributed by atoms with Gasteiger partial charge in [-0.25, -0.2) is 0 Å². The van der Waals surface area contributed by atoms with Crippen molar-refractivity contribution < 1.29 is 9.59 Å². The Hall–Kier alpha value is -1.95. The summed E-state index contributed by atoms with van der Waals surface area (Å²) < 4.78 is 0. The molecule has 126 valence electrons. The van der Waals surface area contributed by atoms with Crippen molar-refractivity contribution in [1.82, 2.24) is 14.8 Å². The molecule has 5 nitrogen and oxygen atoms in total. The van der Waals surface area contributed by atoms with Gasteiger partial charge in [0.1, 0.15) is 6.04 Å². The topological polar surface area (TPSA) is 56.4 Å². The third-order valence-corrected chi connectivity index (χ3v) is 5.87. The molecular formula is C18H21N3O2S. The average molecular weight is 343 g/mol. The molecule has 2 amide bonds. The van der Waals surface area contributed by atoms with Gasteiger partial charge in [-0.15, -0.1) is 0 Å². The van der Waals surface area contributed by atoms with E-state index in [0.29, 0.717) is 12.1 Å². The summed E-state index contributed by atoms with van der Waals surface area (Å²) in [6.07, 6.45) is 3.55. The minimum Gasteiger partial charge on any atom is -0.361 e. The fraction of sp³-hybridized carbons (Fsp3) is 0.444. The Morgan fingerprint density at radius 1 is 1.12 bits per heavy atom. The van der Waals surface area contributed by atoms with Crippen LogP contribution in [0, 0.1) is 0 Å². The first kappa shape index (κ1) is 15.6. The Balaban J connectivity index is 1.54. The molecule has 1 aromatic carbocycles. The summed E-state index contributed by atoms with van der Waals surface area (Å²) >= 11 is 1.89. The number of rotatable bonds is 2. The summed E-state index contributed by atoms with van der Waals surface area (Å²) in [6.45, 7) is 2.27. The van der Waals surface area contributed by atoms with E-state index in [4.69, 9.17) is 0 Å². The highest BCUT2D eigenvalue weighted by atomic mass is 32.2. The van der Waals surface area contributed by atoms with Gasteiger partial charge in [0.25, 0.3) is 5.91 Å². The van der Waals surface area contributed by atoms with Crippen molar-refractivity contribution in [2.75, 3.05) is 31.1 Å². The van der Waals surface area contributed by atoms with Gasteiger partial charge in [0.15, 0.2) is 0 Å². The van der Waals surface area contributed by atoms with E-state index >= 15 is 0 Å². The van der Waals surface area contributed by atoms with Gasteiger partial charge >= 0.3 is 0 Å². The van der Waals surface area contributed by atoms with Crippen molar-refractivity contribution in [2.45, 2.75) is 18.9 Å². The molecular weight excluding hydrogens is 322 g/mol. The number of H-pyrrole nitrogens is 1. The third-order valence-electron chi connectivity index (χ3n) is 4.92. The fourth-order valence-electron chi connectivity index (χ4n) is 3.61. The number of nitrogens with zero attached hydrogens (tertiary/aromatic N) is 2. The minimum absolute atomic E-state index is 0.0336. The van der Waals surface area contributed by atoms with Crippen LogP contribution in [0.15, 0.2) is 30.5 Å². The number of likely N-dealkylation sites (tertiary alicyclic amines) is 1. The van der Waals surface area contributed by atoms with Crippen LogP contribution in [0.4, 0.5) is 0 Å². The monoisotopic (exact) mass is 343 g/mol. The highest BCUT2D eigenvalue weighted by Crippen LogP contribution is 2.24. The lowest BCUT2D eigenvalue weighted by atomic mass is 10.1. The molecule has 0 radical (unpaired) electrons. The third kappa shape index (κ3) is 2.79. The number of aromatic amines is 1. The van der Waals surface area contributed by atoms with E-state index in [1.165, 1.54) is 0 Å². The molecule has 1 N–H and O–H groups in total. The van der Waals surface area contributed by atoms with Crippen LogP contribution >= 0.6 is 11.8 Å². The zero-order valence-electron chi connectivity index (χ0n) is 13.5. The van der Waals surface area contributed by atoms with Gasteiger partial charge in [0.05, 0.1) is 0 Å². The van der Waals surface area contributed by atoms with E-state index in [0.717, 1.165) is 48.3 Å². The molecule has 1 atom stereocenters. The molecule has 1 aromatic heterocycles. The zero-order chi connectivity index (χ0) is 16.5. The number of benzene rings is 1. The molecule has 0 bridgehead atoms. The first-order chi connectivity index (χ1) is 11.7. The normalized spacial score (nSPS) is 21.4. The predicted molar refractivity (Wildman–Crippen MR) is 96.3 cm³/mol. The van der Waals surface area contributed by atoms with Crippen LogP contribution in [0.1, 0.15) is 23.2 Å². The molecule has 0 unspecified atom stereocenters. The van der Waals surface area contributed by atoms with E-state index in [2.05, 4.69) is 4.98 Å². The van der Waals surface area contributed by atoms with Crippen LogP contribution in [0.3, 0.4) is 0 Å². The smallest absolute Gasteiger partial charge is 0.254 e. The van der Waals surface area contributed by atoms with Gasteiger partial charge in [0.2, 0.25) is 5.91 Å². The SMILES string of the molecule is O=C([C@@H]1CCCN1C(=O)c1ccc2cc[nH]c2c1)N1CCSCC1. The van der Waals surface area contributed by atoms with Crippen molar-refractivity contribution in [2.24, 2.45) is 0 Å². The largest absolute Gasteiger partial charge is 0.361 e. The molecule has 2 saturated heterocycles. The van der Waals surface area contributed by atoms with Crippen molar-refractivity contribution in [3.05, 3.63) is 36.0 Å². The molecule has 24 heavy (non-hydrogen) atoms. The zero-order valence-corrected chi connectivity index (χ0v) is 14.3. The predicted octanol–water partition coefficient (Wildman–Crippen LogP) is 2.35. The van der Waals surface area contributed by atoms with Crippen LogP contribution < -0.4 is 0 Å². The van der Waals surface area contributed by atoms with E-state index in [-0.39, 0.29) is 17.9 Å². The van der Waals surface area contributed by atoms with E-state index in [1.807, 2.05) is 47.1 Å². The van der Waals surface area contributed by atoms with Crippen molar-refractivity contribution in [3.63, 3.8) is 0 Å². The van der Waals surface area contributed by atoms with E-state index < -0.39 is 0 Å². The lowest BCUT2D eigenvalue weighted by Crippen LogP contribution is -2.50. The molecule has 4 rings (SSSR count). The molecule has 2 aromatic rings. The van der Waals surface area contributed by atoms with Crippen LogP contribution in [-0.4, -0.2) is 63.8 Å². The number of amides is 2. The van der Waals surface area contributed by atoms with Gasteiger partial charge < -0.3 is 14.8 Å². The lowest BCUT2D eigenvalue weighted by Gasteiger charge is -2.32. The second kappa shape index (κ2) is 6.51. The molecule has 2 aliphatic rings. The summed E-state index contributed by atoms with van der Waals surface area (Å²) in [5.41, 5.74) is 1.61. The summed E-state index contributed by atoms with van der Waals surface area (Å²) in [5.74, 6) is 2.09. The summed E-state index contributed by atoms with van der Waals surface area (Å²) in [4.78, 5) is 32.6. The Labute approximate surface area is 145 Å². The maximum Gasteiger partial charge on any atom is 0.254 e. The highest BCUT2D eigenvalue weighted by molar-refractivity contribution is 7.99. The highest BCUT2D eigenvalue weighted by Gasteiger charge is 2.37. The Kier molecular flexibility index (Phi) is 4.22. The number of nitrogens with one attached hydrogen (secondary N) is 1. The Morgan fingerprint density at radius 3 is 2.79 bits per heavy atom. The number of fused-ring (bicyclic) bond motifs is 1. The van der Waals surface area contributed by atoms with Gasteiger partial charge in [-0.1, -0.05) is 6.07 Å². The van der Waals surface area contributed by atoms with Crippen LogP contribution in [0.5, 0.6) is 0 Å². The van der Waals surface area contributed by atoms with Crippen molar-refractivity contribution in [1.29, 1.82) is 0 Å². The quantitative estimate of drug-likeness (QED) is 0.911. The summed E-state index contributed by atoms with van der Waals surface area (Å²) in [5, 5.41) is 1.09. The summed E-state index contributed by atoms with van der Waals surface area (Å²) in [7, 11) is 0. The lowest BCUT2D eigenvalue weighted by molar-refractivity contribution is -0.134. The Bertz CT molecular complexity index is 766. The molecule has 0 saturated carbocycles. The Morgan fingerprint density at radius 2 is 1.96 bits per heavy atom. The van der Waals surface area contributed by atoms with E-state index in [9.17, 15) is 9.59 Å². The minimum atomic E-state index is -0.292. The van der Waals surface area contributed by atoms with Gasteiger partial charge in [0, 0.05) is 48.4 Å². The number of thioether (sulfide) groups is 1. The number of aromatic nitrogens is 1. The molecule has 2 fully saturated rings. The number of carbonyl (C=O) groups excluding carboxylic acids is 2.